The first-order valence-electron chi connectivity index (χ1n) is 5.15. The highest BCUT2D eigenvalue weighted by atomic mass is 79.9. The van der Waals surface area contributed by atoms with Crippen molar-refractivity contribution < 1.29 is 12.9 Å². The first-order chi connectivity index (χ1) is 8.62. The molecule has 0 atom stereocenters. The summed E-state index contributed by atoms with van der Waals surface area (Å²) in [7, 11) is -3.51. The van der Waals surface area contributed by atoms with E-state index in [1.54, 1.807) is 30.3 Å². The predicted octanol–water partition coefficient (Wildman–Crippen LogP) is 2.05. The number of halogens is 1. The normalized spacial score (nSPS) is 11.6. The zero-order chi connectivity index (χ0) is 13.0. The van der Waals surface area contributed by atoms with E-state index in [-0.39, 0.29) is 11.4 Å². The molecule has 1 aromatic carbocycles. The van der Waals surface area contributed by atoms with E-state index in [1.807, 2.05) is 0 Å². The smallest absolute Gasteiger partial charge is 0.240 e. The van der Waals surface area contributed by atoms with Gasteiger partial charge in [0, 0.05) is 11.4 Å². The van der Waals surface area contributed by atoms with Gasteiger partial charge in [0.05, 0.1) is 17.1 Å². The number of benzene rings is 1. The van der Waals surface area contributed by atoms with Crippen LogP contribution in [0.2, 0.25) is 0 Å². The second-order valence-electron chi connectivity index (χ2n) is 3.59. The van der Waals surface area contributed by atoms with Crippen LogP contribution in [-0.2, 0) is 21.9 Å². The molecule has 0 saturated heterocycles. The molecule has 0 bridgehead atoms. The van der Waals surface area contributed by atoms with E-state index in [1.165, 1.54) is 6.26 Å². The molecule has 0 radical (unpaired) electrons. The summed E-state index contributed by atoms with van der Waals surface area (Å²) in [5.41, 5.74) is 1.56. The molecule has 1 aromatic heterocycles. The van der Waals surface area contributed by atoms with E-state index in [2.05, 4.69) is 30.3 Å². The first kappa shape index (κ1) is 13.3. The van der Waals surface area contributed by atoms with Gasteiger partial charge < -0.3 is 4.52 Å². The van der Waals surface area contributed by atoms with Crippen LogP contribution in [-0.4, -0.2) is 13.6 Å². The molecule has 0 amide bonds. The summed E-state index contributed by atoms with van der Waals surface area (Å²) in [6.07, 6.45) is 1.40. The maximum atomic E-state index is 11.9. The molecule has 7 heteroatoms. The molecule has 18 heavy (non-hydrogen) atoms. The number of nitrogens with zero attached hydrogens (tertiary/aromatic N) is 1. The Morgan fingerprint density at radius 1 is 1.22 bits per heavy atom. The molecule has 0 aliphatic carbocycles. The molecule has 5 nitrogen and oxygen atoms in total. The van der Waals surface area contributed by atoms with Gasteiger partial charge in [-0.25, -0.2) is 13.1 Å². The topological polar surface area (TPSA) is 72.2 Å². The van der Waals surface area contributed by atoms with E-state index in [9.17, 15) is 8.42 Å². The second-order valence-corrected chi connectivity index (χ2v) is 5.92. The van der Waals surface area contributed by atoms with E-state index < -0.39 is 10.0 Å². The lowest BCUT2D eigenvalue weighted by atomic mass is 10.2. The van der Waals surface area contributed by atoms with E-state index in [0.717, 1.165) is 5.56 Å². The van der Waals surface area contributed by atoms with Gasteiger partial charge in [-0.3, -0.25) is 0 Å². The number of alkyl halides is 1. The maximum Gasteiger partial charge on any atom is 0.240 e. The van der Waals surface area contributed by atoms with Crippen LogP contribution in [0.5, 0.6) is 0 Å². The van der Waals surface area contributed by atoms with Crippen molar-refractivity contribution in [2.24, 2.45) is 0 Å². The molecule has 2 aromatic rings. The van der Waals surface area contributed by atoms with Crippen molar-refractivity contribution in [3.05, 3.63) is 47.9 Å². The molecule has 1 heterocycles. The van der Waals surface area contributed by atoms with Crippen molar-refractivity contribution in [3.63, 3.8) is 0 Å². The van der Waals surface area contributed by atoms with Crippen molar-refractivity contribution in [2.45, 2.75) is 16.8 Å². The zero-order valence-corrected chi connectivity index (χ0v) is 11.7. The first-order valence-corrected chi connectivity index (χ1v) is 7.76. The van der Waals surface area contributed by atoms with Crippen LogP contribution in [0.3, 0.4) is 0 Å². The van der Waals surface area contributed by atoms with Gasteiger partial charge >= 0.3 is 0 Å². The summed E-state index contributed by atoms with van der Waals surface area (Å²) in [5.74, 6) is 0. The quantitative estimate of drug-likeness (QED) is 0.851. The lowest BCUT2D eigenvalue weighted by Crippen LogP contribution is -2.23. The lowest BCUT2D eigenvalue weighted by molar-refractivity contribution is 0.411. The Bertz CT molecular complexity index is 594. The molecule has 0 aliphatic rings. The predicted molar refractivity (Wildman–Crippen MR) is 69.6 cm³/mol. The number of hydrogen-bond acceptors (Lipinski definition) is 4. The van der Waals surface area contributed by atoms with Crippen molar-refractivity contribution in [1.82, 2.24) is 9.88 Å². The fourth-order valence-electron chi connectivity index (χ4n) is 1.34. The molecule has 2 rings (SSSR count). The second kappa shape index (κ2) is 5.64. The van der Waals surface area contributed by atoms with Crippen molar-refractivity contribution in [3.8, 4) is 0 Å². The number of rotatable bonds is 5. The third kappa shape index (κ3) is 3.18. The van der Waals surface area contributed by atoms with Gasteiger partial charge in [0.2, 0.25) is 10.0 Å². The van der Waals surface area contributed by atoms with Gasteiger partial charge in [-0.05, 0) is 17.7 Å². The summed E-state index contributed by atoms with van der Waals surface area (Å²) in [5, 5.41) is 4.33. The SMILES string of the molecule is O=S(=O)(NCc1ccon1)c1ccc(CBr)cc1. The van der Waals surface area contributed by atoms with Gasteiger partial charge in [-0.15, -0.1) is 0 Å². The van der Waals surface area contributed by atoms with Gasteiger partial charge in [0.1, 0.15) is 6.26 Å². The van der Waals surface area contributed by atoms with Crippen LogP contribution in [0.15, 0.2) is 46.0 Å². The molecule has 0 spiro atoms. The average Bonchev–Trinajstić information content (AvgIpc) is 2.90. The molecule has 0 aliphatic heterocycles. The van der Waals surface area contributed by atoms with Gasteiger partial charge in [-0.2, -0.15) is 0 Å². The number of nitrogens with one attached hydrogen (secondary N) is 1. The Morgan fingerprint density at radius 2 is 1.94 bits per heavy atom. The third-order valence-corrected chi connectivity index (χ3v) is 4.39. The van der Waals surface area contributed by atoms with Gasteiger partial charge in [0.15, 0.2) is 0 Å². The zero-order valence-electron chi connectivity index (χ0n) is 9.34. The lowest BCUT2D eigenvalue weighted by Gasteiger charge is -2.05. The van der Waals surface area contributed by atoms with E-state index in [4.69, 9.17) is 0 Å². The van der Waals surface area contributed by atoms with Gasteiger partial charge in [0.25, 0.3) is 0 Å². The third-order valence-electron chi connectivity index (χ3n) is 2.32. The number of sulfonamides is 1. The monoisotopic (exact) mass is 330 g/mol. The van der Waals surface area contributed by atoms with E-state index >= 15 is 0 Å². The Hall–Kier alpha value is -1.18. The number of aromatic nitrogens is 1. The molecule has 0 fully saturated rings. The minimum absolute atomic E-state index is 0.110. The highest BCUT2D eigenvalue weighted by Gasteiger charge is 2.13. The van der Waals surface area contributed by atoms with Crippen LogP contribution in [0.1, 0.15) is 11.3 Å². The van der Waals surface area contributed by atoms with Crippen molar-refractivity contribution in [2.75, 3.05) is 0 Å². The van der Waals surface area contributed by atoms with E-state index in [0.29, 0.717) is 11.0 Å². The molecular weight excluding hydrogens is 320 g/mol. The van der Waals surface area contributed by atoms with Crippen LogP contribution < -0.4 is 4.72 Å². The highest BCUT2D eigenvalue weighted by Crippen LogP contribution is 2.12. The fourth-order valence-corrected chi connectivity index (χ4v) is 2.71. The maximum absolute atomic E-state index is 11.9. The Labute approximate surface area is 113 Å². The minimum atomic E-state index is -3.51. The van der Waals surface area contributed by atoms with Crippen LogP contribution in [0, 0.1) is 0 Å². The minimum Gasteiger partial charge on any atom is -0.364 e. The largest absolute Gasteiger partial charge is 0.364 e. The molecule has 1 N–H and O–H groups in total. The number of hydrogen-bond donors (Lipinski definition) is 1. The molecule has 96 valence electrons. The average molecular weight is 331 g/mol. The van der Waals surface area contributed by atoms with Crippen molar-refractivity contribution in [1.29, 1.82) is 0 Å². The van der Waals surface area contributed by atoms with Crippen LogP contribution >= 0.6 is 15.9 Å². The van der Waals surface area contributed by atoms with Crippen molar-refractivity contribution >= 4 is 26.0 Å². The molecule has 0 saturated carbocycles. The Balaban J connectivity index is 2.09. The standard InChI is InChI=1S/C11H11BrN2O3S/c12-7-9-1-3-11(4-2-9)18(15,16)13-8-10-5-6-17-14-10/h1-6,13H,7-8H2. The fraction of sp³-hybridized carbons (Fsp3) is 0.182. The Morgan fingerprint density at radius 3 is 2.50 bits per heavy atom. The summed E-state index contributed by atoms with van der Waals surface area (Å²) < 4.78 is 31.0. The summed E-state index contributed by atoms with van der Waals surface area (Å²) >= 11 is 3.31. The van der Waals surface area contributed by atoms with Crippen LogP contribution in [0.4, 0.5) is 0 Å². The highest BCUT2D eigenvalue weighted by molar-refractivity contribution is 9.08. The summed E-state index contributed by atoms with van der Waals surface area (Å²) in [4.78, 5) is 0.232. The summed E-state index contributed by atoms with van der Waals surface area (Å²) in [6.45, 7) is 0.110. The van der Waals surface area contributed by atoms with Gasteiger partial charge in [-0.1, -0.05) is 33.2 Å². The van der Waals surface area contributed by atoms with Crippen LogP contribution in [0.25, 0.3) is 0 Å². The Kier molecular flexibility index (Phi) is 4.15. The molecule has 0 unspecified atom stereocenters. The summed E-state index contributed by atoms with van der Waals surface area (Å²) in [6, 6.07) is 8.28. The molecular formula is C11H11BrN2O3S.